The molecule has 1 heterocycles. The summed E-state index contributed by atoms with van der Waals surface area (Å²) in [6.07, 6.45) is 2.44. The maximum Gasteiger partial charge on any atom is 0.127 e. The van der Waals surface area contributed by atoms with E-state index in [0.29, 0.717) is 6.04 Å². The van der Waals surface area contributed by atoms with E-state index in [1.54, 1.807) is 6.07 Å². The van der Waals surface area contributed by atoms with Gasteiger partial charge in [0.1, 0.15) is 5.82 Å². The summed E-state index contributed by atoms with van der Waals surface area (Å²) in [7, 11) is 0. The average Bonchev–Trinajstić information content (AvgIpc) is 2.41. The van der Waals surface area contributed by atoms with E-state index in [1.807, 2.05) is 19.1 Å². The van der Waals surface area contributed by atoms with Crippen LogP contribution in [-0.4, -0.2) is 30.6 Å². The van der Waals surface area contributed by atoms with Crippen LogP contribution in [0.15, 0.2) is 18.2 Å². The Labute approximate surface area is 109 Å². The number of halogens is 1. The van der Waals surface area contributed by atoms with Crippen LogP contribution in [-0.2, 0) is 6.54 Å². The minimum atomic E-state index is -0.0807. The van der Waals surface area contributed by atoms with E-state index in [9.17, 15) is 4.39 Å². The number of nitrogens with one attached hydrogen (secondary N) is 1. The van der Waals surface area contributed by atoms with Gasteiger partial charge in [0.2, 0.25) is 0 Å². The molecule has 1 aromatic carbocycles. The second-order valence-corrected chi connectivity index (χ2v) is 5.16. The van der Waals surface area contributed by atoms with E-state index in [-0.39, 0.29) is 5.82 Å². The molecular weight excluding hydrogens is 227 g/mol. The molecule has 3 heteroatoms. The van der Waals surface area contributed by atoms with Crippen LogP contribution in [0.2, 0.25) is 0 Å². The molecule has 0 saturated carbocycles. The van der Waals surface area contributed by atoms with Gasteiger partial charge in [-0.05, 0) is 38.9 Å². The van der Waals surface area contributed by atoms with Crippen LogP contribution in [0.4, 0.5) is 4.39 Å². The summed E-state index contributed by atoms with van der Waals surface area (Å²) in [5, 5.41) is 3.43. The molecule has 1 aliphatic rings. The molecular formula is C15H23FN2. The summed E-state index contributed by atoms with van der Waals surface area (Å²) in [4.78, 5) is 2.38. The minimum Gasteiger partial charge on any atom is -0.315 e. The predicted octanol–water partition coefficient (Wildman–Crippen LogP) is 2.71. The van der Waals surface area contributed by atoms with Crippen LogP contribution in [0.5, 0.6) is 0 Å². The topological polar surface area (TPSA) is 15.3 Å². The molecule has 100 valence electrons. The number of benzene rings is 1. The second kappa shape index (κ2) is 6.30. The lowest BCUT2D eigenvalue weighted by Crippen LogP contribution is -2.45. The van der Waals surface area contributed by atoms with E-state index in [1.165, 1.54) is 12.8 Å². The Morgan fingerprint density at radius 2 is 2.28 bits per heavy atom. The summed E-state index contributed by atoms with van der Waals surface area (Å²) < 4.78 is 13.8. The van der Waals surface area contributed by atoms with Gasteiger partial charge in [0.05, 0.1) is 0 Å². The van der Waals surface area contributed by atoms with Crippen molar-refractivity contribution in [2.75, 3.05) is 19.6 Å². The van der Waals surface area contributed by atoms with Gasteiger partial charge in [0.15, 0.2) is 0 Å². The van der Waals surface area contributed by atoms with Crippen LogP contribution in [0.25, 0.3) is 0 Å². The van der Waals surface area contributed by atoms with Crippen LogP contribution in [0, 0.1) is 12.7 Å². The first-order valence-corrected chi connectivity index (χ1v) is 6.90. The monoisotopic (exact) mass is 250 g/mol. The molecule has 1 aromatic rings. The van der Waals surface area contributed by atoms with Gasteiger partial charge in [-0.15, -0.1) is 0 Å². The fourth-order valence-electron chi connectivity index (χ4n) is 2.69. The van der Waals surface area contributed by atoms with E-state index in [0.717, 1.165) is 37.3 Å². The molecule has 0 radical (unpaired) electrons. The number of hydrogen-bond donors (Lipinski definition) is 1. The lowest BCUT2D eigenvalue weighted by Gasteiger charge is -2.34. The van der Waals surface area contributed by atoms with Crippen molar-refractivity contribution in [1.82, 2.24) is 10.2 Å². The molecule has 1 fully saturated rings. The largest absolute Gasteiger partial charge is 0.315 e. The van der Waals surface area contributed by atoms with E-state index in [2.05, 4.69) is 17.1 Å². The fourth-order valence-corrected chi connectivity index (χ4v) is 2.69. The standard InChI is InChI=1S/C15H23FN2/c1-3-18(14-5-4-8-17-10-14)11-13-9-12(2)6-7-15(13)16/h6-7,9,14,17H,3-5,8,10-11H2,1-2H3. The Morgan fingerprint density at radius 3 is 2.94 bits per heavy atom. The third-order valence-corrected chi connectivity index (χ3v) is 3.77. The van der Waals surface area contributed by atoms with Crippen LogP contribution < -0.4 is 5.32 Å². The van der Waals surface area contributed by atoms with Gasteiger partial charge in [-0.1, -0.05) is 24.6 Å². The van der Waals surface area contributed by atoms with E-state index in [4.69, 9.17) is 0 Å². The summed E-state index contributed by atoms with van der Waals surface area (Å²) in [5.41, 5.74) is 1.95. The third kappa shape index (κ3) is 3.30. The van der Waals surface area contributed by atoms with Crippen molar-refractivity contribution in [3.05, 3.63) is 35.1 Å². The molecule has 1 N–H and O–H groups in total. The van der Waals surface area contributed by atoms with Gasteiger partial charge < -0.3 is 5.32 Å². The van der Waals surface area contributed by atoms with E-state index < -0.39 is 0 Å². The average molecular weight is 250 g/mol. The highest BCUT2D eigenvalue weighted by molar-refractivity contribution is 5.24. The van der Waals surface area contributed by atoms with Crippen LogP contribution >= 0.6 is 0 Å². The fraction of sp³-hybridized carbons (Fsp3) is 0.600. The Kier molecular flexibility index (Phi) is 4.72. The smallest absolute Gasteiger partial charge is 0.127 e. The molecule has 1 aliphatic heterocycles. The first kappa shape index (κ1) is 13.5. The molecule has 1 unspecified atom stereocenters. The normalized spacial score (nSPS) is 20.3. The predicted molar refractivity (Wildman–Crippen MR) is 73.1 cm³/mol. The summed E-state index contributed by atoms with van der Waals surface area (Å²) >= 11 is 0. The van der Waals surface area contributed by atoms with Gasteiger partial charge in [-0.3, -0.25) is 4.90 Å². The second-order valence-electron chi connectivity index (χ2n) is 5.16. The molecule has 0 bridgehead atoms. The quantitative estimate of drug-likeness (QED) is 0.884. The number of nitrogens with zero attached hydrogens (tertiary/aromatic N) is 1. The molecule has 2 nitrogen and oxygen atoms in total. The molecule has 18 heavy (non-hydrogen) atoms. The van der Waals surface area contributed by atoms with Crippen molar-refractivity contribution in [3.8, 4) is 0 Å². The highest BCUT2D eigenvalue weighted by Crippen LogP contribution is 2.17. The summed E-state index contributed by atoms with van der Waals surface area (Å²) in [6.45, 7) is 8.01. The van der Waals surface area contributed by atoms with Gasteiger partial charge in [-0.2, -0.15) is 0 Å². The number of aryl methyl sites for hydroxylation is 1. The van der Waals surface area contributed by atoms with Gasteiger partial charge in [0.25, 0.3) is 0 Å². The van der Waals surface area contributed by atoms with Crippen molar-refractivity contribution in [2.24, 2.45) is 0 Å². The van der Waals surface area contributed by atoms with E-state index >= 15 is 0 Å². The van der Waals surface area contributed by atoms with Gasteiger partial charge in [0, 0.05) is 24.7 Å². The lowest BCUT2D eigenvalue weighted by atomic mass is 10.0. The molecule has 2 rings (SSSR count). The maximum atomic E-state index is 13.8. The highest BCUT2D eigenvalue weighted by Gasteiger charge is 2.20. The summed E-state index contributed by atoms with van der Waals surface area (Å²) in [5.74, 6) is -0.0807. The van der Waals surface area contributed by atoms with Crippen molar-refractivity contribution in [1.29, 1.82) is 0 Å². The summed E-state index contributed by atoms with van der Waals surface area (Å²) in [6, 6.07) is 5.92. The zero-order valence-corrected chi connectivity index (χ0v) is 11.4. The number of likely N-dealkylation sites (N-methyl/N-ethyl adjacent to an activating group) is 1. The highest BCUT2D eigenvalue weighted by atomic mass is 19.1. The van der Waals surface area contributed by atoms with Crippen LogP contribution in [0.3, 0.4) is 0 Å². The number of piperidine rings is 1. The first-order chi connectivity index (χ1) is 8.70. The lowest BCUT2D eigenvalue weighted by molar-refractivity contribution is 0.164. The zero-order valence-electron chi connectivity index (χ0n) is 11.4. The van der Waals surface area contributed by atoms with Crippen molar-refractivity contribution < 1.29 is 4.39 Å². The molecule has 0 aliphatic carbocycles. The van der Waals surface area contributed by atoms with Crippen molar-refractivity contribution in [2.45, 2.75) is 39.3 Å². The Morgan fingerprint density at radius 1 is 1.44 bits per heavy atom. The first-order valence-electron chi connectivity index (χ1n) is 6.90. The van der Waals surface area contributed by atoms with Gasteiger partial charge in [-0.25, -0.2) is 4.39 Å². The van der Waals surface area contributed by atoms with Crippen molar-refractivity contribution in [3.63, 3.8) is 0 Å². The van der Waals surface area contributed by atoms with Gasteiger partial charge >= 0.3 is 0 Å². The number of rotatable bonds is 4. The Bertz CT molecular complexity index is 386. The Balaban J connectivity index is 2.06. The molecule has 0 amide bonds. The zero-order chi connectivity index (χ0) is 13.0. The molecule has 0 spiro atoms. The molecule has 1 saturated heterocycles. The minimum absolute atomic E-state index is 0.0807. The van der Waals surface area contributed by atoms with Crippen LogP contribution in [0.1, 0.15) is 30.9 Å². The molecule has 0 aromatic heterocycles. The SMILES string of the molecule is CCN(Cc1cc(C)ccc1F)C1CCCNC1. The van der Waals surface area contributed by atoms with Crippen molar-refractivity contribution >= 4 is 0 Å². The third-order valence-electron chi connectivity index (χ3n) is 3.77. The Hall–Kier alpha value is -0.930. The molecule has 1 atom stereocenters. The maximum absolute atomic E-state index is 13.8. The number of hydrogen-bond acceptors (Lipinski definition) is 2.